The van der Waals surface area contributed by atoms with Crippen molar-refractivity contribution in [2.45, 2.75) is 51.1 Å². The topological polar surface area (TPSA) is 192 Å². The van der Waals surface area contributed by atoms with E-state index in [-0.39, 0.29) is 37.1 Å². The maximum absolute atomic E-state index is 13.3. The molecule has 16 nitrogen and oxygen atoms in total. The number of carbonyl (C=O) groups is 6. The molecule has 17 heteroatoms. The number of benzene rings is 4. The highest BCUT2D eigenvalue weighted by molar-refractivity contribution is 6.17. The highest BCUT2D eigenvalue weighted by Crippen LogP contribution is 2.48. The molecule has 0 bridgehead atoms. The van der Waals surface area contributed by atoms with Crippen LogP contribution in [0, 0.1) is 11.2 Å². The molecule has 4 N–H and O–H groups in total. The Morgan fingerprint density at radius 3 is 2.25 bits per heavy atom. The van der Waals surface area contributed by atoms with Crippen molar-refractivity contribution >= 4 is 69.1 Å². The number of rotatable bonds is 14. The average molecular weight is 883 g/mol. The lowest BCUT2D eigenvalue weighted by atomic mass is 10.0. The van der Waals surface area contributed by atoms with Gasteiger partial charge in [-0.05, 0) is 111 Å². The van der Waals surface area contributed by atoms with Crippen molar-refractivity contribution in [3.05, 3.63) is 108 Å². The number of ether oxygens (including phenoxy) is 2. The summed E-state index contributed by atoms with van der Waals surface area (Å²) in [5, 5.41) is 11.6. The molecule has 3 aliphatic heterocycles. The molecule has 334 valence electrons. The van der Waals surface area contributed by atoms with E-state index < -0.39 is 35.0 Å². The summed E-state index contributed by atoms with van der Waals surface area (Å²) in [6.45, 7) is 3.95. The fourth-order valence-electron chi connectivity index (χ4n) is 8.68. The summed E-state index contributed by atoms with van der Waals surface area (Å²) in [6, 6.07) is 22.4. The lowest BCUT2D eigenvalue weighted by Crippen LogP contribution is -2.52. The number of amides is 6. The lowest BCUT2D eigenvalue weighted by Gasteiger charge is -2.36. The Morgan fingerprint density at radius 2 is 1.57 bits per heavy atom. The number of hydrogen-bond acceptors (Lipinski definition) is 11. The van der Waals surface area contributed by atoms with E-state index in [1.54, 1.807) is 61.8 Å². The number of pyridine rings is 1. The molecule has 4 aromatic carbocycles. The van der Waals surface area contributed by atoms with Crippen LogP contribution in [0.25, 0.3) is 10.9 Å². The Labute approximate surface area is 373 Å². The van der Waals surface area contributed by atoms with Crippen molar-refractivity contribution in [2.24, 2.45) is 5.41 Å². The van der Waals surface area contributed by atoms with Crippen LogP contribution in [0.1, 0.15) is 54.4 Å². The summed E-state index contributed by atoms with van der Waals surface area (Å²) < 4.78 is 25.5. The van der Waals surface area contributed by atoms with Gasteiger partial charge in [0.05, 0.1) is 18.3 Å². The molecular weight excluding hydrogens is 836 g/mol. The van der Waals surface area contributed by atoms with Gasteiger partial charge in [-0.1, -0.05) is 6.07 Å². The number of halogens is 1. The number of carbonyl (C=O) groups excluding carboxylic acids is 6. The maximum atomic E-state index is 13.3. The first-order chi connectivity index (χ1) is 31.5. The van der Waals surface area contributed by atoms with Crippen LogP contribution >= 0.6 is 0 Å². The molecule has 1 aliphatic carbocycles. The molecule has 2 saturated heterocycles. The molecule has 65 heavy (non-hydrogen) atoms. The van der Waals surface area contributed by atoms with Crippen LogP contribution in [0.4, 0.5) is 27.1 Å². The van der Waals surface area contributed by atoms with E-state index in [1.165, 1.54) is 29.2 Å². The van der Waals surface area contributed by atoms with Crippen molar-refractivity contribution < 1.29 is 42.6 Å². The van der Waals surface area contributed by atoms with Gasteiger partial charge in [0, 0.05) is 85.3 Å². The molecule has 3 fully saturated rings. The van der Waals surface area contributed by atoms with Gasteiger partial charge in [0.1, 0.15) is 34.5 Å². The predicted molar refractivity (Wildman–Crippen MR) is 239 cm³/mol. The normalized spacial score (nSPS) is 17.9. The Balaban J connectivity index is 0.759. The van der Waals surface area contributed by atoms with Gasteiger partial charge in [0.25, 0.3) is 5.91 Å². The zero-order valence-electron chi connectivity index (χ0n) is 35.7. The van der Waals surface area contributed by atoms with E-state index in [2.05, 4.69) is 36.1 Å². The quantitative estimate of drug-likeness (QED) is 0.0775. The molecule has 0 unspecified atom stereocenters. The van der Waals surface area contributed by atoms with Gasteiger partial charge < -0.3 is 35.2 Å². The molecule has 4 heterocycles. The van der Waals surface area contributed by atoms with Crippen LogP contribution in [-0.2, 0) is 30.5 Å². The minimum absolute atomic E-state index is 0.156. The first-order valence-corrected chi connectivity index (χ1v) is 21.6. The highest BCUT2D eigenvalue weighted by Gasteiger charge is 2.56. The van der Waals surface area contributed by atoms with Gasteiger partial charge in [0.2, 0.25) is 29.5 Å². The second-order valence-electron chi connectivity index (χ2n) is 16.7. The van der Waals surface area contributed by atoms with E-state index in [9.17, 15) is 33.2 Å². The molecule has 6 amide bonds. The second kappa shape index (κ2) is 18.0. The molecular formula is C48H47FN8O8. The number of aromatic nitrogens is 1. The van der Waals surface area contributed by atoms with Crippen LogP contribution in [0.2, 0.25) is 0 Å². The van der Waals surface area contributed by atoms with E-state index in [4.69, 9.17) is 9.47 Å². The third-order valence-corrected chi connectivity index (χ3v) is 12.5. The van der Waals surface area contributed by atoms with Crippen LogP contribution in [0.5, 0.6) is 17.2 Å². The summed E-state index contributed by atoms with van der Waals surface area (Å²) in [5.74, 6) is -0.754. The van der Waals surface area contributed by atoms with Crippen LogP contribution in [0.3, 0.4) is 0 Å². The monoisotopic (exact) mass is 882 g/mol. The van der Waals surface area contributed by atoms with Crippen molar-refractivity contribution in [3.8, 4) is 17.2 Å². The standard InChI is InChI=1S/C48H47FN8O8/c1-64-41-26-34-37(50-20-17-40(34)65-32-13-11-31(12-14-32)52-47(63)48(18-19-48)46(62)51-30-9-7-29(49)8-10-30)27-39(41)56-24-22-55(23-25-56)21-3-6-42(58)53-36-5-2-4-33-35(36)28-57(45(33)61)38-15-16-43(59)54-44(38)60/h2,4-5,7-14,17,20,26-27,38H,3,6,15-16,18-19,21-25,28H2,1H3,(H,51,62)(H,52,63)(H,53,58)(H,54,59,60)/t38-/m0/s1. The van der Waals surface area contributed by atoms with E-state index >= 15 is 0 Å². The number of fused-ring (bicyclic) bond motifs is 2. The third-order valence-electron chi connectivity index (χ3n) is 12.5. The summed E-state index contributed by atoms with van der Waals surface area (Å²) in [6.07, 6.45) is 3.89. The number of piperazine rings is 1. The zero-order valence-corrected chi connectivity index (χ0v) is 35.7. The smallest absolute Gasteiger partial charge is 0.255 e. The second-order valence-corrected chi connectivity index (χ2v) is 16.7. The van der Waals surface area contributed by atoms with E-state index in [0.29, 0.717) is 71.1 Å². The predicted octanol–water partition coefficient (Wildman–Crippen LogP) is 5.83. The number of hydrogen-bond donors (Lipinski definition) is 4. The molecule has 4 aliphatic rings. The van der Waals surface area contributed by atoms with E-state index in [1.807, 2.05) is 12.1 Å². The summed E-state index contributed by atoms with van der Waals surface area (Å²) in [7, 11) is 1.63. The van der Waals surface area contributed by atoms with Crippen molar-refractivity contribution in [1.29, 1.82) is 0 Å². The van der Waals surface area contributed by atoms with Gasteiger partial charge in [0.15, 0.2) is 0 Å². The van der Waals surface area contributed by atoms with Gasteiger partial charge >= 0.3 is 0 Å². The fourth-order valence-corrected chi connectivity index (χ4v) is 8.68. The van der Waals surface area contributed by atoms with Crippen molar-refractivity contribution in [3.63, 3.8) is 0 Å². The van der Waals surface area contributed by atoms with Gasteiger partial charge in [-0.3, -0.25) is 44.0 Å². The number of methoxy groups -OCH3 is 1. The number of anilines is 4. The van der Waals surface area contributed by atoms with Gasteiger partial charge in [-0.15, -0.1) is 0 Å². The lowest BCUT2D eigenvalue weighted by molar-refractivity contribution is -0.137. The molecule has 0 spiro atoms. The molecule has 1 saturated carbocycles. The Kier molecular flexibility index (Phi) is 11.9. The van der Waals surface area contributed by atoms with Gasteiger partial charge in [-0.2, -0.15) is 0 Å². The minimum Gasteiger partial charge on any atom is -0.495 e. The first-order valence-electron chi connectivity index (χ1n) is 21.6. The Morgan fingerprint density at radius 1 is 0.862 bits per heavy atom. The Bertz CT molecular complexity index is 2700. The number of nitrogens with zero attached hydrogens (tertiary/aromatic N) is 4. The van der Waals surface area contributed by atoms with E-state index in [0.717, 1.165) is 49.3 Å². The Hall–Kier alpha value is -7.40. The number of nitrogens with one attached hydrogen (secondary N) is 4. The highest BCUT2D eigenvalue weighted by atomic mass is 19.1. The van der Waals surface area contributed by atoms with Crippen molar-refractivity contribution in [1.82, 2.24) is 20.1 Å². The maximum Gasteiger partial charge on any atom is 0.255 e. The van der Waals surface area contributed by atoms with Crippen molar-refractivity contribution in [2.75, 3.05) is 60.7 Å². The summed E-state index contributed by atoms with van der Waals surface area (Å²) >= 11 is 0. The fraction of sp³-hybridized carbons (Fsp3) is 0.312. The largest absolute Gasteiger partial charge is 0.495 e. The van der Waals surface area contributed by atoms with Crippen LogP contribution < -0.4 is 35.6 Å². The average Bonchev–Trinajstić information content (AvgIpc) is 4.06. The molecule has 1 aromatic heterocycles. The number of imide groups is 1. The van der Waals surface area contributed by atoms with Crippen LogP contribution in [-0.4, -0.2) is 96.1 Å². The molecule has 9 rings (SSSR count). The van der Waals surface area contributed by atoms with Gasteiger partial charge in [-0.25, -0.2) is 4.39 Å². The molecule has 5 aromatic rings. The zero-order chi connectivity index (χ0) is 45.2. The molecule has 1 atom stereocenters. The molecule has 0 radical (unpaired) electrons. The first kappa shape index (κ1) is 42.9. The SMILES string of the molecule is COc1cc2c(Oc3ccc(NC(=O)C4(C(=O)Nc5ccc(F)cc5)CC4)cc3)ccnc2cc1N1CCN(CCCC(=O)Nc2cccc3c2CN([C@H]2CCC(=O)NC2=O)C3=O)CC1. The summed E-state index contributed by atoms with van der Waals surface area (Å²) in [5.41, 5.74) is 3.04. The van der Waals surface area contributed by atoms with Crippen LogP contribution in [0.15, 0.2) is 91.1 Å². The number of piperidine rings is 1. The summed E-state index contributed by atoms with van der Waals surface area (Å²) in [4.78, 5) is 87.3. The minimum atomic E-state index is -1.18. The third kappa shape index (κ3) is 9.04.